The first kappa shape index (κ1) is 63.5. The van der Waals surface area contributed by atoms with Crippen LogP contribution in [0.2, 0.25) is 0 Å². The first-order chi connectivity index (χ1) is 31.5. The van der Waals surface area contributed by atoms with Crippen molar-refractivity contribution in [2.75, 3.05) is 47.5 Å². The van der Waals surface area contributed by atoms with Crippen molar-refractivity contribution in [2.45, 2.75) is 270 Å². The first-order valence-corrected chi connectivity index (χ1v) is 29.0. The summed E-state index contributed by atoms with van der Waals surface area (Å²) in [6.07, 6.45) is 55.1. The molecule has 0 spiro atoms. The van der Waals surface area contributed by atoms with Crippen LogP contribution in [0, 0.1) is 0 Å². The largest absolute Gasteiger partial charge is 0.756 e. The van der Waals surface area contributed by atoms with Crippen LogP contribution in [-0.2, 0) is 32.7 Å². The molecule has 0 aliphatic heterocycles. The highest BCUT2D eigenvalue weighted by Crippen LogP contribution is 2.38. The van der Waals surface area contributed by atoms with E-state index in [9.17, 15) is 19.0 Å². The normalized spacial score (nSPS) is 13.5. The number of carbonyl (C=O) groups excluding carboxylic acids is 2. The summed E-state index contributed by atoms with van der Waals surface area (Å²) in [6.45, 7) is 4.25. The monoisotopic (exact) mass is 940 g/mol. The lowest BCUT2D eigenvalue weighted by atomic mass is 10.0. The van der Waals surface area contributed by atoms with Gasteiger partial charge in [-0.3, -0.25) is 14.2 Å². The highest BCUT2D eigenvalue weighted by Gasteiger charge is 2.21. The maximum Gasteiger partial charge on any atom is 0.306 e. The third-order valence-electron chi connectivity index (χ3n) is 12.2. The van der Waals surface area contributed by atoms with E-state index in [2.05, 4.69) is 38.2 Å². The molecule has 0 aliphatic rings. The number of phosphoric ester groups is 1. The Bertz CT molecular complexity index is 1150. The smallest absolute Gasteiger partial charge is 0.306 e. The first-order valence-electron chi connectivity index (χ1n) is 27.5. The fourth-order valence-corrected chi connectivity index (χ4v) is 8.65. The van der Waals surface area contributed by atoms with Gasteiger partial charge >= 0.3 is 11.9 Å². The molecule has 0 heterocycles. The van der Waals surface area contributed by atoms with Gasteiger partial charge in [0.05, 0.1) is 27.7 Å². The molecule has 0 radical (unpaired) electrons. The summed E-state index contributed by atoms with van der Waals surface area (Å²) in [5.74, 6) is -0.820. The fraction of sp³-hybridized carbons (Fsp3) is 0.891. The van der Waals surface area contributed by atoms with Gasteiger partial charge in [-0.05, 0) is 44.9 Å². The van der Waals surface area contributed by atoms with Crippen LogP contribution in [0.5, 0.6) is 0 Å². The van der Waals surface area contributed by atoms with E-state index in [1.54, 1.807) is 0 Å². The molecular formula is C55H106NO8P. The standard InChI is InChI=1S/C55H106NO8P/c1-6-8-10-12-14-16-18-20-21-22-23-24-25-26-27-28-29-30-31-32-33-34-35-36-38-40-42-44-46-48-55(58)64-53(52-63-65(59,60)62-50-49-56(3,4)5)51-61-54(57)47-45-43-41-39-37-19-17-15-13-11-9-7-2/h18,20,22-23,53H,6-17,19,21,24-52H2,1-5H3/b20-18-,23-22-. The Balaban J connectivity index is 4.05. The van der Waals surface area contributed by atoms with Crippen molar-refractivity contribution in [3.63, 3.8) is 0 Å². The van der Waals surface area contributed by atoms with Crippen molar-refractivity contribution >= 4 is 19.8 Å². The molecule has 0 aliphatic carbocycles. The molecule has 65 heavy (non-hydrogen) atoms. The van der Waals surface area contributed by atoms with Gasteiger partial charge in [-0.2, -0.15) is 0 Å². The molecule has 0 amide bonds. The number of allylic oxidation sites excluding steroid dienone is 4. The lowest BCUT2D eigenvalue weighted by Gasteiger charge is -2.28. The minimum absolute atomic E-state index is 0.0276. The van der Waals surface area contributed by atoms with Gasteiger partial charge in [0.1, 0.15) is 19.8 Å². The van der Waals surface area contributed by atoms with Crippen LogP contribution in [0.4, 0.5) is 0 Å². The van der Waals surface area contributed by atoms with Crippen molar-refractivity contribution in [2.24, 2.45) is 0 Å². The SMILES string of the molecule is CCCCCCC/C=C\C/C=C\CCCCCCCCCCCCCCCCCCCC(=O)OC(COC(=O)CCCCCCCCCCCCCC)COP(=O)([O-])OCC[N+](C)(C)C. The minimum atomic E-state index is -4.62. The van der Waals surface area contributed by atoms with Gasteiger partial charge in [0, 0.05) is 12.8 Å². The average molecular weight is 940 g/mol. The Morgan fingerprint density at radius 1 is 0.477 bits per heavy atom. The summed E-state index contributed by atoms with van der Waals surface area (Å²) in [4.78, 5) is 37.7. The van der Waals surface area contributed by atoms with Crippen LogP contribution in [0.25, 0.3) is 0 Å². The minimum Gasteiger partial charge on any atom is -0.756 e. The molecule has 0 N–H and O–H groups in total. The second-order valence-corrected chi connectivity index (χ2v) is 21.4. The summed E-state index contributed by atoms with van der Waals surface area (Å²) in [5, 5.41) is 0. The average Bonchev–Trinajstić information content (AvgIpc) is 3.26. The number of nitrogens with zero attached hydrogens (tertiary/aromatic N) is 1. The molecule has 0 aromatic rings. The molecule has 384 valence electrons. The van der Waals surface area contributed by atoms with Crippen LogP contribution in [0.1, 0.15) is 264 Å². The summed E-state index contributed by atoms with van der Waals surface area (Å²) >= 11 is 0. The summed E-state index contributed by atoms with van der Waals surface area (Å²) in [6, 6.07) is 0. The molecule has 0 aromatic heterocycles. The van der Waals surface area contributed by atoms with Gasteiger partial charge < -0.3 is 27.9 Å². The highest BCUT2D eigenvalue weighted by molar-refractivity contribution is 7.45. The molecule has 0 aromatic carbocycles. The number of esters is 2. The Kier molecular flexibility index (Phi) is 46.4. The number of phosphoric acid groups is 1. The van der Waals surface area contributed by atoms with Gasteiger partial charge in [0.15, 0.2) is 6.10 Å². The summed E-state index contributed by atoms with van der Waals surface area (Å²) < 4.78 is 34.1. The Morgan fingerprint density at radius 2 is 0.831 bits per heavy atom. The van der Waals surface area contributed by atoms with Crippen molar-refractivity contribution in [3.05, 3.63) is 24.3 Å². The van der Waals surface area contributed by atoms with Gasteiger partial charge in [-0.25, -0.2) is 0 Å². The molecule has 9 nitrogen and oxygen atoms in total. The number of quaternary nitrogens is 1. The van der Waals surface area contributed by atoms with Gasteiger partial charge in [-0.1, -0.05) is 231 Å². The fourth-order valence-electron chi connectivity index (χ4n) is 7.92. The molecule has 0 fully saturated rings. The van der Waals surface area contributed by atoms with E-state index in [4.69, 9.17) is 18.5 Å². The van der Waals surface area contributed by atoms with E-state index >= 15 is 0 Å². The predicted molar refractivity (Wildman–Crippen MR) is 273 cm³/mol. The number of hydrogen-bond acceptors (Lipinski definition) is 8. The van der Waals surface area contributed by atoms with Crippen molar-refractivity contribution in [1.82, 2.24) is 0 Å². The molecule has 0 bridgehead atoms. The van der Waals surface area contributed by atoms with Crippen molar-refractivity contribution in [1.29, 1.82) is 0 Å². The van der Waals surface area contributed by atoms with Gasteiger partial charge in [-0.15, -0.1) is 0 Å². The third-order valence-corrected chi connectivity index (χ3v) is 13.2. The molecular weight excluding hydrogens is 834 g/mol. The van der Waals surface area contributed by atoms with E-state index < -0.39 is 26.5 Å². The van der Waals surface area contributed by atoms with E-state index in [0.29, 0.717) is 17.4 Å². The van der Waals surface area contributed by atoms with Gasteiger partial charge in [0.2, 0.25) is 0 Å². The Labute approximate surface area is 402 Å². The number of carbonyl (C=O) groups is 2. The Morgan fingerprint density at radius 3 is 1.22 bits per heavy atom. The second kappa shape index (κ2) is 47.6. The van der Waals surface area contributed by atoms with Crippen LogP contribution in [0.3, 0.4) is 0 Å². The predicted octanol–water partition coefficient (Wildman–Crippen LogP) is 16.0. The van der Waals surface area contributed by atoms with Crippen molar-refractivity contribution < 1.29 is 42.1 Å². The zero-order chi connectivity index (χ0) is 47.8. The summed E-state index contributed by atoms with van der Waals surface area (Å²) in [7, 11) is 1.18. The zero-order valence-electron chi connectivity index (χ0n) is 43.5. The second-order valence-electron chi connectivity index (χ2n) is 20.0. The van der Waals surface area contributed by atoms with E-state index in [1.807, 2.05) is 21.1 Å². The maximum atomic E-state index is 12.8. The number of hydrogen-bond donors (Lipinski definition) is 0. The van der Waals surface area contributed by atoms with E-state index in [1.165, 1.54) is 193 Å². The van der Waals surface area contributed by atoms with Crippen LogP contribution in [-0.4, -0.2) is 70.0 Å². The van der Waals surface area contributed by atoms with Crippen LogP contribution >= 0.6 is 7.82 Å². The lowest BCUT2D eigenvalue weighted by Crippen LogP contribution is -2.37. The zero-order valence-corrected chi connectivity index (χ0v) is 44.3. The third kappa shape index (κ3) is 51.7. The number of ether oxygens (including phenoxy) is 2. The molecule has 0 saturated heterocycles. The van der Waals surface area contributed by atoms with E-state index in [0.717, 1.165) is 38.5 Å². The maximum absolute atomic E-state index is 12.8. The highest BCUT2D eigenvalue weighted by atomic mass is 31.2. The number of unbranched alkanes of at least 4 members (excludes halogenated alkanes) is 33. The topological polar surface area (TPSA) is 111 Å². The molecule has 2 atom stereocenters. The number of rotatable bonds is 51. The molecule has 10 heteroatoms. The summed E-state index contributed by atoms with van der Waals surface area (Å²) in [5.41, 5.74) is 0. The molecule has 2 unspecified atom stereocenters. The van der Waals surface area contributed by atoms with E-state index in [-0.39, 0.29) is 32.0 Å². The van der Waals surface area contributed by atoms with Crippen LogP contribution in [0.15, 0.2) is 24.3 Å². The Hall–Kier alpha value is -1.51. The molecule has 0 rings (SSSR count). The van der Waals surface area contributed by atoms with Crippen LogP contribution < -0.4 is 4.89 Å². The van der Waals surface area contributed by atoms with Gasteiger partial charge in [0.25, 0.3) is 7.82 Å². The molecule has 0 saturated carbocycles. The van der Waals surface area contributed by atoms with Crippen molar-refractivity contribution in [3.8, 4) is 0 Å². The quantitative estimate of drug-likeness (QED) is 0.0195. The number of likely N-dealkylation sites (N-methyl/N-ethyl adjacent to an activating group) is 1. The lowest BCUT2D eigenvalue weighted by molar-refractivity contribution is -0.870.